The van der Waals surface area contributed by atoms with Crippen molar-refractivity contribution in [1.29, 1.82) is 0 Å². The number of pyridine rings is 3. The zero-order valence-electron chi connectivity index (χ0n) is 15.4. The molecule has 3 aromatic heterocycles. The first-order valence-corrected chi connectivity index (χ1v) is 10.1. The maximum atomic E-state index is 4.67. The lowest BCUT2D eigenvalue weighted by Crippen LogP contribution is -2.46. The molecule has 27 heavy (non-hydrogen) atoms. The molecule has 4 rings (SSSR count). The van der Waals surface area contributed by atoms with Crippen LogP contribution in [0.5, 0.6) is 0 Å². The van der Waals surface area contributed by atoms with Crippen molar-refractivity contribution in [2.75, 3.05) is 42.9 Å². The average molecular weight is 427 g/mol. The summed E-state index contributed by atoms with van der Waals surface area (Å²) in [6, 6.07) is 8.20. The summed E-state index contributed by atoms with van der Waals surface area (Å²) in [5, 5.41) is 3.46. The molecule has 3 aromatic rings. The number of nitrogens with zero attached hydrogens (tertiary/aromatic N) is 5. The summed E-state index contributed by atoms with van der Waals surface area (Å²) in [6.45, 7) is 8.36. The van der Waals surface area contributed by atoms with E-state index in [0.717, 1.165) is 65.3 Å². The number of piperazine rings is 1. The minimum Gasteiger partial charge on any atom is -0.379 e. The van der Waals surface area contributed by atoms with Crippen molar-refractivity contribution >= 4 is 38.5 Å². The van der Waals surface area contributed by atoms with E-state index >= 15 is 0 Å². The Morgan fingerprint density at radius 3 is 2.63 bits per heavy atom. The Hall–Kier alpha value is -2.25. The molecular weight excluding hydrogens is 404 g/mol. The molecule has 1 aliphatic heterocycles. The maximum absolute atomic E-state index is 4.67. The van der Waals surface area contributed by atoms with Crippen LogP contribution in [-0.2, 0) is 6.54 Å². The van der Waals surface area contributed by atoms with Crippen LogP contribution < -0.4 is 10.2 Å². The van der Waals surface area contributed by atoms with Crippen molar-refractivity contribution in [3.8, 4) is 0 Å². The second-order valence-electron chi connectivity index (χ2n) is 6.68. The van der Waals surface area contributed by atoms with E-state index in [1.807, 2.05) is 18.3 Å². The highest BCUT2D eigenvalue weighted by atomic mass is 79.9. The summed E-state index contributed by atoms with van der Waals surface area (Å²) in [4.78, 5) is 18.4. The van der Waals surface area contributed by atoms with E-state index in [0.29, 0.717) is 6.54 Å². The molecule has 0 atom stereocenters. The van der Waals surface area contributed by atoms with Gasteiger partial charge in [-0.1, -0.05) is 13.0 Å². The van der Waals surface area contributed by atoms with Crippen LogP contribution in [-0.4, -0.2) is 52.6 Å². The minimum atomic E-state index is 0.702. The quantitative estimate of drug-likeness (QED) is 0.673. The number of anilines is 2. The second kappa shape index (κ2) is 8.19. The largest absolute Gasteiger partial charge is 0.379 e. The van der Waals surface area contributed by atoms with Gasteiger partial charge in [0.1, 0.15) is 11.3 Å². The Bertz CT molecular complexity index is 906. The van der Waals surface area contributed by atoms with Crippen LogP contribution >= 0.6 is 15.9 Å². The Morgan fingerprint density at radius 1 is 1.04 bits per heavy atom. The lowest BCUT2D eigenvalue weighted by atomic mass is 10.2. The minimum absolute atomic E-state index is 0.702. The first kappa shape index (κ1) is 18.1. The molecule has 0 radical (unpaired) electrons. The smallest absolute Gasteiger partial charge is 0.128 e. The van der Waals surface area contributed by atoms with E-state index in [4.69, 9.17) is 0 Å². The van der Waals surface area contributed by atoms with Crippen LogP contribution in [0.15, 0.2) is 47.3 Å². The third-order valence-electron chi connectivity index (χ3n) is 4.98. The van der Waals surface area contributed by atoms with Crippen LogP contribution in [0.1, 0.15) is 12.5 Å². The molecule has 6 nitrogen and oxygen atoms in total. The number of hydrogen-bond donors (Lipinski definition) is 1. The van der Waals surface area contributed by atoms with Gasteiger partial charge in [-0.05, 0) is 46.2 Å². The molecule has 7 heteroatoms. The molecule has 140 valence electrons. The third kappa shape index (κ3) is 4.20. The van der Waals surface area contributed by atoms with Crippen LogP contribution in [0.2, 0.25) is 0 Å². The van der Waals surface area contributed by atoms with Gasteiger partial charge in [0.2, 0.25) is 0 Å². The standard InChI is InChI=1S/C20H23BrN6/c1-2-26-7-9-27(10-8-26)19-4-3-15(13-24-19)12-23-17-5-6-22-18-11-16(21)14-25-20(17)18/h3-6,11,13-14H,2,7-10,12H2,1H3,(H,22,23). The number of hydrogen-bond acceptors (Lipinski definition) is 6. The van der Waals surface area contributed by atoms with E-state index in [1.165, 1.54) is 0 Å². The highest BCUT2D eigenvalue weighted by Crippen LogP contribution is 2.22. The summed E-state index contributed by atoms with van der Waals surface area (Å²) in [7, 11) is 0. The number of aromatic nitrogens is 3. The third-order valence-corrected chi connectivity index (χ3v) is 5.41. The Morgan fingerprint density at radius 2 is 1.89 bits per heavy atom. The van der Waals surface area contributed by atoms with Gasteiger partial charge in [0, 0.05) is 55.8 Å². The monoisotopic (exact) mass is 426 g/mol. The van der Waals surface area contributed by atoms with Crippen LogP contribution in [0.3, 0.4) is 0 Å². The number of likely N-dealkylation sites (N-methyl/N-ethyl adjacent to an activating group) is 1. The maximum Gasteiger partial charge on any atom is 0.128 e. The molecule has 0 amide bonds. The van der Waals surface area contributed by atoms with Gasteiger partial charge in [-0.3, -0.25) is 9.97 Å². The van der Waals surface area contributed by atoms with Crippen LogP contribution in [0.4, 0.5) is 11.5 Å². The van der Waals surface area contributed by atoms with Crippen molar-refractivity contribution in [1.82, 2.24) is 19.9 Å². The highest BCUT2D eigenvalue weighted by Gasteiger charge is 2.16. The molecule has 0 unspecified atom stereocenters. The van der Waals surface area contributed by atoms with E-state index in [2.05, 4.69) is 65.1 Å². The van der Waals surface area contributed by atoms with E-state index in [9.17, 15) is 0 Å². The normalized spacial score (nSPS) is 15.3. The van der Waals surface area contributed by atoms with Gasteiger partial charge in [0.25, 0.3) is 0 Å². The fraction of sp³-hybridized carbons (Fsp3) is 0.350. The molecule has 0 spiro atoms. The number of nitrogens with one attached hydrogen (secondary N) is 1. The SMILES string of the molecule is CCN1CCN(c2ccc(CNc3ccnc4cc(Br)cnc34)cn2)CC1. The lowest BCUT2D eigenvalue weighted by molar-refractivity contribution is 0.270. The van der Waals surface area contributed by atoms with Crippen molar-refractivity contribution in [2.24, 2.45) is 0 Å². The Labute approximate surface area is 167 Å². The molecular formula is C20H23BrN6. The topological polar surface area (TPSA) is 57.2 Å². The molecule has 1 N–H and O–H groups in total. The lowest BCUT2D eigenvalue weighted by Gasteiger charge is -2.34. The Kier molecular flexibility index (Phi) is 5.50. The summed E-state index contributed by atoms with van der Waals surface area (Å²) < 4.78 is 0.930. The molecule has 0 bridgehead atoms. The molecule has 1 saturated heterocycles. The predicted octanol–water partition coefficient (Wildman–Crippen LogP) is 3.54. The van der Waals surface area contributed by atoms with E-state index < -0.39 is 0 Å². The average Bonchev–Trinajstić information content (AvgIpc) is 2.72. The van der Waals surface area contributed by atoms with E-state index in [-0.39, 0.29) is 0 Å². The van der Waals surface area contributed by atoms with E-state index in [1.54, 1.807) is 12.4 Å². The zero-order chi connectivity index (χ0) is 18.6. The molecule has 0 aliphatic carbocycles. The van der Waals surface area contributed by atoms with Crippen molar-refractivity contribution < 1.29 is 0 Å². The van der Waals surface area contributed by atoms with Crippen LogP contribution in [0, 0.1) is 0 Å². The summed E-state index contributed by atoms with van der Waals surface area (Å²) in [6.07, 6.45) is 5.56. The second-order valence-corrected chi connectivity index (χ2v) is 7.59. The summed E-state index contributed by atoms with van der Waals surface area (Å²) in [5.74, 6) is 1.07. The first-order chi connectivity index (χ1) is 13.2. The van der Waals surface area contributed by atoms with Gasteiger partial charge in [-0.15, -0.1) is 0 Å². The summed E-state index contributed by atoms with van der Waals surface area (Å²) >= 11 is 3.44. The van der Waals surface area contributed by atoms with Crippen LogP contribution in [0.25, 0.3) is 11.0 Å². The molecule has 0 saturated carbocycles. The molecule has 1 fully saturated rings. The van der Waals surface area contributed by atoms with Gasteiger partial charge in [-0.2, -0.15) is 0 Å². The number of rotatable bonds is 5. The van der Waals surface area contributed by atoms with Gasteiger partial charge in [0.15, 0.2) is 0 Å². The van der Waals surface area contributed by atoms with Crippen molar-refractivity contribution in [3.05, 3.63) is 52.9 Å². The van der Waals surface area contributed by atoms with Crippen molar-refractivity contribution in [2.45, 2.75) is 13.5 Å². The van der Waals surface area contributed by atoms with Gasteiger partial charge in [0.05, 0.1) is 11.2 Å². The Balaban J connectivity index is 1.41. The number of fused-ring (bicyclic) bond motifs is 1. The molecule has 4 heterocycles. The zero-order valence-corrected chi connectivity index (χ0v) is 17.0. The highest BCUT2D eigenvalue weighted by molar-refractivity contribution is 9.10. The van der Waals surface area contributed by atoms with Gasteiger partial charge >= 0.3 is 0 Å². The summed E-state index contributed by atoms with van der Waals surface area (Å²) in [5.41, 5.74) is 3.87. The van der Waals surface area contributed by atoms with Gasteiger partial charge in [-0.25, -0.2) is 4.98 Å². The predicted molar refractivity (Wildman–Crippen MR) is 113 cm³/mol. The first-order valence-electron chi connectivity index (χ1n) is 9.29. The molecule has 1 aliphatic rings. The van der Waals surface area contributed by atoms with Crippen molar-refractivity contribution in [3.63, 3.8) is 0 Å². The van der Waals surface area contributed by atoms with Gasteiger partial charge < -0.3 is 15.1 Å². The molecule has 0 aromatic carbocycles. The number of halogens is 1. The fourth-order valence-electron chi connectivity index (χ4n) is 3.35. The fourth-order valence-corrected chi connectivity index (χ4v) is 3.67.